The SMILES string of the molecule is Cc1ccc(N2CCN(C)CC2)nc1C(=O)O. The molecule has 92 valence electrons. The number of aromatic carboxylic acids is 1. The van der Waals surface area contributed by atoms with Crippen LogP contribution in [0.5, 0.6) is 0 Å². The summed E-state index contributed by atoms with van der Waals surface area (Å²) < 4.78 is 0. The van der Waals surface area contributed by atoms with Crippen LogP contribution < -0.4 is 4.90 Å². The molecule has 17 heavy (non-hydrogen) atoms. The van der Waals surface area contributed by atoms with Crippen molar-refractivity contribution in [2.75, 3.05) is 38.1 Å². The van der Waals surface area contributed by atoms with E-state index in [0.29, 0.717) is 5.56 Å². The van der Waals surface area contributed by atoms with Crippen molar-refractivity contribution in [3.8, 4) is 0 Å². The second-order valence-corrected chi connectivity index (χ2v) is 4.43. The molecule has 0 amide bonds. The molecule has 0 atom stereocenters. The second-order valence-electron chi connectivity index (χ2n) is 4.43. The first-order valence-electron chi connectivity index (χ1n) is 5.72. The Labute approximate surface area is 101 Å². The van der Waals surface area contributed by atoms with Gasteiger partial charge in [0, 0.05) is 26.2 Å². The third kappa shape index (κ3) is 2.55. The van der Waals surface area contributed by atoms with Gasteiger partial charge in [0.1, 0.15) is 5.82 Å². The van der Waals surface area contributed by atoms with Crippen LogP contribution in [-0.2, 0) is 0 Å². The number of hydrogen-bond acceptors (Lipinski definition) is 4. The van der Waals surface area contributed by atoms with E-state index in [4.69, 9.17) is 5.11 Å². The van der Waals surface area contributed by atoms with Gasteiger partial charge in [-0.2, -0.15) is 0 Å². The van der Waals surface area contributed by atoms with Gasteiger partial charge >= 0.3 is 5.97 Å². The highest BCUT2D eigenvalue weighted by atomic mass is 16.4. The summed E-state index contributed by atoms with van der Waals surface area (Å²) in [5.74, 6) is -0.195. The Morgan fingerprint density at radius 1 is 1.29 bits per heavy atom. The lowest BCUT2D eigenvalue weighted by Gasteiger charge is -2.33. The highest BCUT2D eigenvalue weighted by Crippen LogP contribution is 2.16. The molecule has 1 N–H and O–H groups in total. The molecule has 0 aliphatic carbocycles. The Kier molecular flexibility index (Phi) is 3.28. The average Bonchev–Trinajstić information content (AvgIpc) is 2.30. The van der Waals surface area contributed by atoms with Gasteiger partial charge < -0.3 is 14.9 Å². The maximum atomic E-state index is 11.0. The quantitative estimate of drug-likeness (QED) is 0.823. The van der Waals surface area contributed by atoms with Crippen molar-refractivity contribution in [2.45, 2.75) is 6.92 Å². The number of pyridine rings is 1. The lowest BCUT2D eigenvalue weighted by atomic mass is 10.2. The van der Waals surface area contributed by atoms with Gasteiger partial charge in [0.05, 0.1) is 0 Å². The number of piperazine rings is 1. The first kappa shape index (κ1) is 11.9. The number of nitrogens with zero attached hydrogens (tertiary/aromatic N) is 3. The summed E-state index contributed by atoms with van der Waals surface area (Å²) in [5, 5.41) is 9.04. The molecule has 1 fully saturated rings. The summed E-state index contributed by atoms with van der Waals surface area (Å²) in [6.45, 7) is 5.53. The highest BCUT2D eigenvalue weighted by molar-refractivity contribution is 5.87. The number of aryl methyl sites for hydroxylation is 1. The van der Waals surface area contributed by atoms with E-state index in [-0.39, 0.29) is 5.69 Å². The Bertz CT molecular complexity index is 426. The Morgan fingerprint density at radius 2 is 1.94 bits per heavy atom. The van der Waals surface area contributed by atoms with Crippen LogP contribution >= 0.6 is 0 Å². The van der Waals surface area contributed by atoms with E-state index in [1.807, 2.05) is 12.1 Å². The van der Waals surface area contributed by atoms with Crippen molar-refractivity contribution in [1.82, 2.24) is 9.88 Å². The van der Waals surface area contributed by atoms with E-state index in [9.17, 15) is 4.79 Å². The molecule has 0 radical (unpaired) electrons. The molecule has 0 bridgehead atoms. The molecule has 2 rings (SSSR count). The van der Waals surface area contributed by atoms with Crippen LogP contribution in [0.2, 0.25) is 0 Å². The average molecular weight is 235 g/mol. The summed E-state index contributed by atoms with van der Waals surface area (Å²) in [7, 11) is 2.09. The van der Waals surface area contributed by atoms with Gasteiger partial charge in [0.2, 0.25) is 0 Å². The van der Waals surface area contributed by atoms with Gasteiger partial charge in [0.15, 0.2) is 5.69 Å². The summed E-state index contributed by atoms with van der Waals surface area (Å²) in [5.41, 5.74) is 0.858. The number of likely N-dealkylation sites (N-methyl/N-ethyl adjacent to an activating group) is 1. The number of rotatable bonds is 2. The van der Waals surface area contributed by atoms with E-state index in [1.54, 1.807) is 6.92 Å². The maximum Gasteiger partial charge on any atom is 0.354 e. The smallest absolute Gasteiger partial charge is 0.354 e. The zero-order chi connectivity index (χ0) is 12.4. The molecule has 1 aliphatic rings. The fraction of sp³-hybridized carbons (Fsp3) is 0.500. The summed E-state index contributed by atoms with van der Waals surface area (Å²) in [4.78, 5) is 19.6. The number of anilines is 1. The molecule has 0 unspecified atom stereocenters. The van der Waals surface area contributed by atoms with Crippen LogP contribution in [0.3, 0.4) is 0 Å². The molecule has 5 nitrogen and oxygen atoms in total. The lowest BCUT2D eigenvalue weighted by Crippen LogP contribution is -2.44. The zero-order valence-electron chi connectivity index (χ0n) is 10.2. The highest BCUT2D eigenvalue weighted by Gasteiger charge is 2.17. The van der Waals surface area contributed by atoms with E-state index in [0.717, 1.165) is 32.0 Å². The third-order valence-electron chi connectivity index (χ3n) is 3.11. The molecule has 1 aliphatic heterocycles. The van der Waals surface area contributed by atoms with Gasteiger partial charge in [-0.3, -0.25) is 0 Å². The fourth-order valence-corrected chi connectivity index (χ4v) is 1.95. The first-order valence-corrected chi connectivity index (χ1v) is 5.72. The van der Waals surface area contributed by atoms with Gasteiger partial charge in [-0.25, -0.2) is 9.78 Å². The number of carbonyl (C=O) groups is 1. The predicted octanol–water partition coefficient (Wildman–Crippen LogP) is 0.840. The maximum absolute atomic E-state index is 11.0. The van der Waals surface area contributed by atoms with Crippen molar-refractivity contribution in [1.29, 1.82) is 0 Å². The third-order valence-corrected chi connectivity index (χ3v) is 3.11. The van der Waals surface area contributed by atoms with Crippen LogP contribution in [0.15, 0.2) is 12.1 Å². The molecule has 0 saturated carbocycles. The van der Waals surface area contributed by atoms with E-state index in [2.05, 4.69) is 21.8 Å². The minimum absolute atomic E-state index is 0.154. The number of carboxylic acid groups (broad SMARTS) is 1. The van der Waals surface area contributed by atoms with Crippen molar-refractivity contribution >= 4 is 11.8 Å². The Balaban J connectivity index is 2.21. The Hall–Kier alpha value is -1.62. The molecule has 5 heteroatoms. The molecular formula is C12H17N3O2. The van der Waals surface area contributed by atoms with Crippen LogP contribution in [0, 0.1) is 6.92 Å². The second kappa shape index (κ2) is 4.71. The number of aromatic nitrogens is 1. The van der Waals surface area contributed by atoms with Crippen LogP contribution in [0.4, 0.5) is 5.82 Å². The standard InChI is InChI=1S/C12H17N3O2/c1-9-3-4-10(13-11(9)12(16)17)15-7-5-14(2)6-8-15/h3-4H,5-8H2,1-2H3,(H,16,17). The molecule has 0 spiro atoms. The van der Waals surface area contributed by atoms with Gasteiger partial charge in [-0.1, -0.05) is 6.07 Å². The minimum atomic E-state index is -0.960. The van der Waals surface area contributed by atoms with Crippen molar-refractivity contribution in [3.05, 3.63) is 23.4 Å². The summed E-state index contributed by atoms with van der Waals surface area (Å²) >= 11 is 0. The zero-order valence-corrected chi connectivity index (χ0v) is 10.2. The monoisotopic (exact) mass is 235 g/mol. The predicted molar refractivity (Wildman–Crippen MR) is 65.6 cm³/mol. The molecule has 0 aromatic carbocycles. The van der Waals surface area contributed by atoms with Gasteiger partial charge in [-0.05, 0) is 25.6 Å². The fourth-order valence-electron chi connectivity index (χ4n) is 1.95. The summed E-state index contributed by atoms with van der Waals surface area (Å²) in [6.07, 6.45) is 0. The molecule has 1 aromatic heterocycles. The Morgan fingerprint density at radius 3 is 2.53 bits per heavy atom. The normalized spacial score (nSPS) is 17.2. The molecular weight excluding hydrogens is 218 g/mol. The molecule has 1 aromatic rings. The van der Waals surface area contributed by atoms with E-state index in [1.165, 1.54) is 0 Å². The van der Waals surface area contributed by atoms with Crippen molar-refractivity contribution in [3.63, 3.8) is 0 Å². The van der Waals surface area contributed by atoms with Gasteiger partial charge in [0.25, 0.3) is 0 Å². The van der Waals surface area contributed by atoms with E-state index < -0.39 is 5.97 Å². The lowest BCUT2D eigenvalue weighted by molar-refractivity contribution is 0.0689. The van der Waals surface area contributed by atoms with Crippen LogP contribution in [-0.4, -0.2) is 54.2 Å². The minimum Gasteiger partial charge on any atom is -0.477 e. The van der Waals surface area contributed by atoms with Crippen LogP contribution in [0.1, 0.15) is 16.1 Å². The van der Waals surface area contributed by atoms with E-state index >= 15 is 0 Å². The summed E-state index contributed by atoms with van der Waals surface area (Å²) in [6, 6.07) is 3.72. The van der Waals surface area contributed by atoms with Gasteiger partial charge in [-0.15, -0.1) is 0 Å². The van der Waals surface area contributed by atoms with Crippen molar-refractivity contribution < 1.29 is 9.90 Å². The largest absolute Gasteiger partial charge is 0.477 e. The molecule has 2 heterocycles. The first-order chi connectivity index (χ1) is 8.08. The number of hydrogen-bond donors (Lipinski definition) is 1. The number of carboxylic acids is 1. The van der Waals surface area contributed by atoms with Crippen LogP contribution in [0.25, 0.3) is 0 Å². The molecule has 1 saturated heterocycles. The topological polar surface area (TPSA) is 56.7 Å². The van der Waals surface area contributed by atoms with Crippen molar-refractivity contribution in [2.24, 2.45) is 0 Å².